The summed E-state index contributed by atoms with van der Waals surface area (Å²) in [6, 6.07) is -0.0389. The van der Waals surface area contributed by atoms with Crippen LogP contribution >= 0.6 is 0 Å². The summed E-state index contributed by atoms with van der Waals surface area (Å²) in [5.74, 6) is -0.0528. The Labute approximate surface area is 120 Å². The Kier molecular flexibility index (Phi) is 7.36. The van der Waals surface area contributed by atoms with Gasteiger partial charge in [0.25, 0.3) is 0 Å². The van der Waals surface area contributed by atoms with Gasteiger partial charge in [0.15, 0.2) is 0 Å². The zero-order valence-electron chi connectivity index (χ0n) is 12.4. The van der Waals surface area contributed by atoms with Crippen molar-refractivity contribution in [3.05, 3.63) is 0 Å². The SMILES string of the molecule is COCC1CCN(C(=O)NCC(C)CCC(=O)O)CC1. The first-order valence-electron chi connectivity index (χ1n) is 7.26. The molecule has 1 saturated heterocycles. The first-order chi connectivity index (χ1) is 9.52. The van der Waals surface area contributed by atoms with Gasteiger partial charge in [0.1, 0.15) is 0 Å². The fourth-order valence-electron chi connectivity index (χ4n) is 2.38. The number of piperidine rings is 1. The molecular formula is C14H26N2O4. The number of ether oxygens (including phenoxy) is 1. The van der Waals surface area contributed by atoms with Crippen molar-refractivity contribution in [2.45, 2.75) is 32.6 Å². The van der Waals surface area contributed by atoms with E-state index < -0.39 is 5.97 Å². The number of hydrogen-bond donors (Lipinski definition) is 2. The second-order valence-corrected chi connectivity index (χ2v) is 5.61. The summed E-state index contributed by atoms with van der Waals surface area (Å²) in [7, 11) is 1.71. The van der Waals surface area contributed by atoms with E-state index in [0.29, 0.717) is 18.9 Å². The second kappa shape index (κ2) is 8.79. The van der Waals surface area contributed by atoms with Crippen LogP contribution < -0.4 is 5.32 Å². The average molecular weight is 286 g/mol. The highest BCUT2D eigenvalue weighted by molar-refractivity contribution is 5.74. The van der Waals surface area contributed by atoms with Gasteiger partial charge in [-0.15, -0.1) is 0 Å². The zero-order chi connectivity index (χ0) is 15.0. The molecule has 0 spiro atoms. The van der Waals surface area contributed by atoms with E-state index in [-0.39, 0.29) is 18.4 Å². The molecule has 0 aromatic heterocycles. The van der Waals surface area contributed by atoms with E-state index in [2.05, 4.69) is 5.32 Å². The molecule has 0 saturated carbocycles. The highest BCUT2D eigenvalue weighted by Gasteiger charge is 2.22. The first kappa shape index (κ1) is 16.8. The molecule has 1 atom stereocenters. The van der Waals surface area contributed by atoms with Gasteiger partial charge >= 0.3 is 12.0 Å². The topological polar surface area (TPSA) is 78.9 Å². The van der Waals surface area contributed by atoms with Gasteiger partial charge < -0.3 is 20.1 Å². The molecule has 0 aromatic carbocycles. The Morgan fingerprint density at radius 2 is 2.05 bits per heavy atom. The number of carbonyl (C=O) groups is 2. The number of nitrogens with one attached hydrogen (secondary N) is 1. The molecule has 2 amide bonds. The molecule has 116 valence electrons. The van der Waals surface area contributed by atoms with E-state index in [0.717, 1.165) is 32.5 Å². The van der Waals surface area contributed by atoms with Crippen LogP contribution in [0.2, 0.25) is 0 Å². The zero-order valence-corrected chi connectivity index (χ0v) is 12.4. The van der Waals surface area contributed by atoms with Crippen molar-refractivity contribution in [2.24, 2.45) is 11.8 Å². The van der Waals surface area contributed by atoms with Crippen LogP contribution in [-0.4, -0.2) is 55.4 Å². The summed E-state index contributed by atoms with van der Waals surface area (Å²) in [6.45, 7) is 4.78. The number of urea groups is 1. The quantitative estimate of drug-likeness (QED) is 0.744. The fraction of sp³-hybridized carbons (Fsp3) is 0.857. The number of hydrogen-bond acceptors (Lipinski definition) is 3. The molecule has 0 bridgehead atoms. The Morgan fingerprint density at radius 1 is 1.40 bits per heavy atom. The highest BCUT2D eigenvalue weighted by atomic mass is 16.5. The molecule has 20 heavy (non-hydrogen) atoms. The number of rotatable bonds is 7. The molecule has 0 aliphatic carbocycles. The van der Waals surface area contributed by atoms with E-state index >= 15 is 0 Å². The van der Waals surface area contributed by atoms with Crippen molar-refractivity contribution in [1.29, 1.82) is 0 Å². The summed E-state index contributed by atoms with van der Waals surface area (Å²) in [5.41, 5.74) is 0. The maximum atomic E-state index is 12.0. The Balaban J connectivity index is 2.18. The minimum atomic E-state index is -0.789. The molecule has 0 radical (unpaired) electrons. The molecule has 1 rings (SSSR count). The number of nitrogens with zero attached hydrogens (tertiary/aromatic N) is 1. The van der Waals surface area contributed by atoms with Crippen molar-refractivity contribution in [2.75, 3.05) is 33.4 Å². The maximum absolute atomic E-state index is 12.0. The third kappa shape index (κ3) is 6.23. The summed E-state index contributed by atoms with van der Waals surface area (Å²) >= 11 is 0. The second-order valence-electron chi connectivity index (χ2n) is 5.61. The minimum Gasteiger partial charge on any atom is -0.481 e. The van der Waals surface area contributed by atoms with Gasteiger partial charge in [0.2, 0.25) is 0 Å². The van der Waals surface area contributed by atoms with Crippen LogP contribution in [0.3, 0.4) is 0 Å². The number of carbonyl (C=O) groups excluding carboxylic acids is 1. The van der Waals surface area contributed by atoms with Gasteiger partial charge in [0.05, 0.1) is 0 Å². The van der Waals surface area contributed by atoms with E-state index in [1.807, 2.05) is 11.8 Å². The molecule has 6 nitrogen and oxygen atoms in total. The van der Waals surface area contributed by atoms with E-state index in [9.17, 15) is 9.59 Å². The van der Waals surface area contributed by atoms with Crippen LogP contribution in [0.5, 0.6) is 0 Å². The lowest BCUT2D eigenvalue weighted by Crippen LogP contribution is -2.46. The number of carboxylic acid groups (broad SMARTS) is 1. The number of aliphatic carboxylic acids is 1. The van der Waals surface area contributed by atoms with Gasteiger partial charge in [0, 0.05) is 39.8 Å². The summed E-state index contributed by atoms with van der Waals surface area (Å²) in [6.07, 6.45) is 2.70. The van der Waals surface area contributed by atoms with Gasteiger partial charge in [-0.2, -0.15) is 0 Å². The lowest BCUT2D eigenvalue weighted by atomic mass is 9.98. The maximum Gasteiger partial charge on any atom is 0.317 e. The van der Waals surface area contributed by atoms with Crippen molar-refractivity contribution in [3.63, 3.8) is 0 Å². The van der Waals surface area contributed by atoms with Gasteiger partial charge in [-0.05, 0) is 31.1 Å². The largest absolute Gasteiger partial charge is 0.481 e. The molecule has 6 heteroatoms. The molecule has 2 N–H and O–H groups in total. The number of carboxylic acids is 1. The normalized spacial score (nSPS) is 17.8. The summed E-state index contributed by atoms with van der Waals surface area (Å²) in [5, 5.41) is 11.5. The predicted molar refractivity (Wildman–Crippen MR) is 75.6 cm³/mol. The van der Waals surface area contributed by atoms with Crippen LogP contribution in [-0.2, 0) is 9.53 Å². The molecule has 1 unspecified atom stereocenters. The Hall–Kier alpha value is -1.30. The lowest BCUT2D eigenvalue weighted by molar-refractivity contribution is -0.137. The first-order valence-corrected chi connectivity index (χ1v) is 7.26. The van der Waals surface area contributed by atoms with Crippen LogP contribution in [0.15, 0.2) is 0 Å². The Morgan fingerprint density at radius 3 is 2.60 bits per heavy atom. The average Bonchev–Trinajstić information content (AvgIpc) is 2.43. The predicted octanol–water partition coefficient (Wildman–Crippen LogP) is 1.56. The van der Waals surface area contributed by atoms with E-state index in [1.165, 1.54) is 0 Å². The minimum absolute atomic E-state index is 0.0389. The summed E-state index contributed by atoms with van der Waals surface area (Å²) in [4.78, 5) is 24.3. The van der Waals surface area contributed by atoms with Crippen LogP contribution in [0.4, 0.5) is 4.79 Å². The van der Waals surface area contributed by atoms with Crippen LogP contribution in [0.25, 0.3) is 0 Å². The van der Waals surface area contributed by atoms with Crippen LogP contribution in [0, 0.1) is 11.8 Å². The molecule has 0 aromatic rings. The van der Waals surface area contributed by atoms with E-state index in [4.69, 9.17) is 9.84 Å². The van der Waals surface area contributed by atoms with Gasteiger partial charge in [-0.25, -0.2) is 4.79 Å². The monoisotopic (exact) mass is 286 g/mol. The van der Waals surface area contributed by atoms with Crippen molar-refractivity contribution >= 4 is 12.0 Å². The standard InChI is InChI=1S/C14H26N2O4/c1-11(3-4-13(17)18)9-15-14(19)16-7-5-12(6-8-16)10-20-2/h11-12H,3-10H2,1-2H3,(H,15,19)(H,17,18). The van der Waals surface area contributed by atoms with Crippen molar-refractivity contribution < 1.29 is 19.4 Å². The third-order valence-electron chi connectivity index (χ3n) is 3.76. The molecular weight excluding hydrogens is 260 g/mol. The van der Waals surface area contributed by atoms with Gasteiger partial charge in [-0.1, -0.05) is 6.92 Å². The van der Waals surface area contributed by atoms with Crippen LogP contribution in [0.1, 0.15) is 32.6 Å². The molecule has 1 heterocycles. The lowest BCUT2D eigenvalue weighted by Gasteiger charge is -2.32. The third-order valence-corrected chi connectivity index (χ3v) is 3.76. The van der Waals surface area contributed by atoms with Crippen molar-refractivity contribution in [1.82, 2.24) is 10.2 Å². The van der Waals surface area contributed by atoms with Crippen molar-refractivity contribution in [3.8, 4) is 0 Å². The number of amides is 2. The number of methoxy groups -OCH3 is 1. The molecule has 1 fully saturated rings. The molecule has 1 aliphatic rings. The molecule has 1 aliphatic heterocycles. The highest BCUT2D eigenvalue weighted by Crippen LogP contribution is 2.17. The fourth-order valence-corrected chi connectivity index (χ4v) is 2.38. The van der Waals surface area contributed by atoms with Gasteiger partial charge in [-0.3, -0.25) is 4.79 Å². The smallest absolute Gasteiger partial charge is 0.317 e. The van der Waals surface area contributed by atoms with E-state index in [1.54, 1.807) is 7.11 Å². The summed E-state index contributed by atoms with van der Waals surface area (Å²) < 4.78 is 5.14. The number of likely N-dealkylation sites (tertiary alicyclic amines) is 1. The Bertz CT molecular complexity index is 314.